The lowest BCUT2D eigenvalue weighted by Gasteiger charge is -2.20. The van der Waals surface area contributed by atoms with Crippen molar-refractivity contribution >= 4 is 5.91 Å². The van der Waals surface area contributed by atoms with E-state index >= 15 is 0 Å². The van der Waals surface area contributed by atoms with Gasteiger partial charge in [-0.15, -0.1) is 0 Å². The van der Waals surface area contributed by atoms with Gasteiger partial charge in [0.05, 0.1) is 0 Å². The highest BCUT2D eigenvalue weighted by Gasteiger charge is 2.06. The number of rotatable bonds is 9. The fraction of sp³-hybridized carbons (Fsp3) is 0.923. The maximum atomic E-state index is 11.4. The maximum Gasteiger partial charge on any atom is 0.221 e. The second kappa shape index (κ2) is 9.42. The molecule has 0 aliphatic heterocycles. The molecule has 1 amide bonds. The fourth-order valence-electron chi connectivity index (χ4n) is 1.43. The van der Waals surface area contributed by atoms with Crippen molar-refractivity contribution in [1.82, 2.24) is 10.2 Å². The Balaban J connectivity index is 3.42. The number of nitrogens with zero attached hydrogens (tertiary/aromatic N) is 1. The highest BCUT2D eigenvalue weighted by molar-refractivity contribution is 5.76. The highest BCUT2D eigenvalue weighted by Crippen LogP contribution is 1.98. The molecule has 1 unspecified atom stereocenters. The van der Waals surface area contributed by atoms with Crippen molar-refractivity contribution in [3.63, 3.8) is 0 Å². The number of nitrogens with two attached hydrogens (primary N) is 1. The molecule has 17 heavy (non-hydrogen) atoms. The smallest absolute Gasteiger partial charge is 0.221 e. The first-order chi connectivity index (χ1) is 7.97. The van der Waals surface area contributed by atoms with E-state index in [1.54, 1.807) is 0 Å². The molecule has 4 nitrogen and oxygen atoms in total. The third kappa shape index (κ3) is 9.12. The summed E-state index contributed by atoms with van der Waals surface area (Å²) in [5.41, 5.74) is 5.71. The van der Waals surface area contributed by atoms with Crippen LogP contribution in [0.25, 0.3) is 0 Å². The Kier molecular flexibility index (Phi) is 9.09. The molecule has 0 aliphatic carbocycles. The minimum Gasteiger partial charge on any atom is -0.356 e. The fourth-order valence-corrected chi connectivity index (χ4v) is 1.43. The van der Waals surface area contributed by atoms with Crippen molar-refractivity contribution in [3.05, 3.63) is 0 Å². The first kappa shape index (κ1) is 16.4. The molecule has 0 aromatic carbocycles. The molecule has 3 N–H and O–H groups in total. The van der Waals surface area contributed by atoms with Crippen LogP contribution in [0.3, 0.4) is 0 Å². The Labute approximate surface area is 106 Å². The van der Waals surface area contributed by atoms with Crippen LogP contribution in [0.2, 0.25) is 0 Å². The van der Waals surface area contributed by atoms with E-state index in [9.17, 15) is 4.79 Å². The van der Waals surface area contributed by atoms with Gasteiger partial charge in [0.1, 0.15) is 0 Å². The Hall–Kier alpha value is -0.610. The highest BCUT2D eigenvalue weighted by atomic mass is 16.1. The average molecular weight is 243 g/mol. The molecular weight excluding hydrogens is 214 g/mol. The van der Waals surface area contributed by atoms with Crippen molar-refractivity contribution in [1.29, 1.82) is 0 Å². The third-order valence-electron chi connectivity index (χ3n) is 3.11. The zero-order chi connectivity index (χ0) is 13.3. The van der Waals surface area contributed by atoms with Crippen molar-refractivity contribution in [2.75, 3.05) is 20.1 Å². The lowest BCUT2D eigenvalue weighted by molar-refractivity contribution is -0.121. The van der Waals surface area contributed by atoms with Gasteiger partial charge in [0.15, 0.2) is 0 Å². The molecule has 0 aromatic rings. The van der Waals surface area contributed by atoms with Crippen LogP contribution in [0, 0.1) is 0 Å². The summed E-state index contributed by atoms with van der Waals surface area (Å²) >= 11 is 0. The summed E-state index contributed by atoms with van der Waals surface area (Å²) in [6.45, 7) is 8.23. The lowest BCUT2D eigenvalue weighted by atomic mass is 10.1. The lowest BCUT2D eigenvalue weighted by Crippen LogP contribution is -2.32. The number of carbonyl (C=O) groups is 1. The number of hydrogen-bond acceptors (Lipinski definition) is 3. The van der Waals surface area contributed by atoms with Gasteiger partial charge in [-0.2, -0.15) is 0 Å². The van der Waals surface area contributed by atoms with Gasteiger partial charge >= 0.3 is 0 Å². The quantitative estimate of drug-likeness (QED) is 0.601. The normalized spacial score (nSPS) is 13.1. The second-order valence-corrected chi connectivity index (χ2v) is 5.00. The van der Waals surface area contributed by atoms with Gasteiger partial charge < -0.3 is 16.0 Å². The second-order valence-electron chi connectivity index (χ2n) is 5.00. The summed E-state index contributed by atoms with van der Waals surface area (Å²) in [6.07, 6.45) is 3.45. The van der Waals surface area contributed by atoms with Crippen LogP contribution >= 0.6 is 0 Å². The van der Waals surface area contributed by atoms with E-state index in [1.165, 1.54) is 0 Å². The molecule has 0 radical (unpaired) electrons. The summed E-state index contributed by atoms with van der Waals surface area (Å²) in [4.78, 5) is 13.7. The molecule has 0 rings (SSSR count). The summed E-state index contributed by atoms with van der Waals surface area (Å²) in [5, 5.41) is 2.91. The van der Waals surface area contributed by atoms with Crippen LogP contribution < -0.4 is 11.1 Å². The summed E-state index contributed by atoms with van der Waals surface area (Å²) in [7, 11) is 2.13. The SMILES string of the molecule is CCC(N)CC(=O)NCCCCN(C)C(C)C. The van der Waals surface area contributed by atoms with Crippen LogP contribution in [0.4, 0.5) is 0 Å². The number of unbranched alkanes of at least 4 members (excludes halogenated alkanes) is 1. The predicted octanol–water partition coefficient (Wildman–Crippen LogP) is 1.35. The predicted molar refractivity (Wildman–Crippen MR) is 72.9 cm³/mol. The van der Waals surface area contributed by atoms with E-state index in [-0.39, 0.29) is 11.9 Å². The Morgan fingerprint density at radius 3 is 2.53 bits per heavy atom. The summed E-state index contributed by atoms with van der Waals surface area (Å²) in [6, 6.07) is 0.592. The zero-order valence-corrected chi connectivity index (χ0v) is 11.8. The van der Waals surface area contributed by atoms with Gasteiger partial charge in [-0.3, -0.25) is 4.79 Å². The molecule has 102 valence electrons. The Morgan fingerprint density at radius 2 is 2.00 bits per heavy atom. The zero-order valence-electron chi connectivity index (χ0n) is 11.8. The number of amides is 1. The largest absolute Gasteiger partial charge is 0.356 e. The van der Waals surface area contributed by atoms with Gasteiger partial charge in [0, 0.05) is 25.0 Å². The van der Waals surface area contributed by atoms with Crippen molar-refractivity contribution in [3.8, 4) is 0 Å². The standard InChI is InChI=1S/C13H29N3O/c1-5-12(14)10-13(17)15-8-6-7-9-16(4)11(2)3/h11-12H,5-10,14H2,1-4H3,(H,15,17). The van der Waals surface area contributed by atoms with Gasteiger partial charge in [-0.1, -0.05) is 6.92 Å². The Morgan fingerprint density at radius 1 is 1.35 bits per heavy atom. The molecule has 0 saturated heterocycles. The van der Waals surface area contributed by atoms with Crippen LogP contribution in [0.1, 0.15) is 46.5 Å². The number of carbonyl (C=O) groups excluding carboxylic acids is 1. The molecule has 4 heteroatoms. The minimum atomic E-state index is 0.00192. The number of hydrogen-bond donors (Lipinski definition) is 2. The van der Waals surface area contributed by atoms with E-state index in [2.05, 4.69) is 31.1 Å². The van der Waals surface area contributed by atoms with Crippen LogP contribution in [-0.2, 0) is 4.79 Å². The molecule has 0 heterocycles. The van der Waals surface area contributed by atoms with Crippen LogP contribution in [0.15, 0.2) is 0 Å². The van der Waals surface area contributed by atoms with Crippen molar-refractivity contribution < 1.29 is 4.79 Å². The molecule has 0 saturated carbocycles. The van der Waals surface area contributed by atoms with Gasteiger partial charge in [-0.05, 0) is 46.7 Å². The maximum absolute atomic E-state index is 11.4. The van der Waals surface area contributed by atoms with E-state index in [1.807, 2.05) is 6.92 Å². The van der Waals surface area contributed by atoms with Gasteiger partial charge in [0.2, 0.25) is 5.91 Å². The minimum absolute atomic E-state index is 0.00192. The van der Waals surface area contributed by atoms with Crippen molar-refractivity contribution in [2.45, 2.75) is 58.5 Å². The molecule has 0 aromatic heterocycles. The van der Waals surface area contributed by atoms with Gasteiger partial charge in [-0.25, -0.2) is 0 Å². The third-order valence-corrected chi connectivity index (χ3v) is 3.11. The van der Waals surface area contributed by atoms with Gasteiger partial charge in [0.25, 0.3) is 0 Å². The average Bonchev–Trinajstić information content (AvgIpc) is 2.27. The monoisotopic (exact) mass is 243 g/mol. The molecule has 0 fully saturated rings. The molecule has 0 spiro atoms. The van der Waals surface area contributed by atoms with E-state index in [0.29, 0.717) is 12.5 Å². The first-order valence-electron chi connectivity index (χ1n) is 6.69. The van der Waals surface area contributed by atoms with E-state index < -0.39 is 0 Å². The Bertz CT molecular complexity index is 207. The number of nitrogens with one attached hydrogen (secondary N) is 1. The summed E-state index contributed by atoms with van der Waals surface area (Å²) in [5.74, 6) is 0.0802. The van der Waals surface area contributed by atoms with E-state index in [0.717, 1.165) is 32.4 Å². The van der Waals surface area contributed by atoms with Crippen LogP contribution in [-0.4, -0.2) is 43.0 Å². The molecular formula is C13H29N3O. The first-order valence-corrected chi connectivity index (χ1v) is 6.69. The molecule has 1 atom stereocenters. The van der Waals surface area contributed by atoms with Crippen molar-refractivity contribution in [2.24, 2.45) is 5.73 Å². The topological polar surface area (TPSA) is 58.4 Å². The molecule has 0 aliphatic rings. The van der Waals surface area contributed by atoms with Crippen LogP contribution in [0.5, 0.6) is 0 Å². The summed E-state index contributed by atoms with van der Waals surface area (Å²) < 4.78 is 0. The van der Waals surface area contributed by atoms with E-state index in [4.69, 9.17) is 5.73 Å². The molecule has 0 bridgehead atoms.